The van der Waals surface area contributed by atoms with Crippen molar-refractivity contribution in [3.8, 4) is 5.88 Å². The number of aromatic nitrogens is 2. The summed E-state index contributed by atoms with van der Waals surface area (Å²) < 4.78 is 5.46. The maximum absolute atomic E-state index is 11.8. The van der Waals surface area contributed by atoms with Crippen molar-refractivity contribution in [3.63, 3.8) is 0 Å². The Kier molecular flexibility index (Phi) is 4.91. The van der Waals surface area contributed by atoms with Crippen LogP contribution in [0.25, 0.3) is 0 Å². The molecule has 1 aromatic heterocycles. The molecule has 3 N–H and O–H groups in total. The number of carbonyl (C=O) groups is 1. The van der Waals surface area contributed by atoms with Crippen LogP contribution in [0.5, 0.6) is 5.88 Å². The molecule has 0 saturated heterocycles. The predicted octanol–water partition coefficient (Wildman–Crippen LogP) is 0.735. The van der Waals surface area contributed by atoms with Gasteiger partial charge in [-0.25, -0.2) is 4.98 Å². The molecule has 0 radical (unpaired) electrons. The second kappa shape index (κ2) is 6.21. The summed E-state index contributed by atoms with van der Waals surface area (Å²) in [6, 6.07) is -0.431. The number of carbonyl (C=O) groups excluding carboxylic acids is 1. The van der Waals surface area contributed by atoms with E-state index in [1.165, 1.54) is 11.2 Å². The van der Waals surface area contributed by atoms with Gasteiger partial charge in [0.25, 0.3) is 0 Å². The summed E-state index contributed by atoms with van der Waals surface area (Å²) >= 11 is 0. The normalized spacial score (nSPS) is 12.1. The van der Waals surface area contributed by atoms with Crippen molar-refractivity contribution in [2.45, 2.75) is 32.9 Å². The highest BCUT2D eigenvalue weighted by atomic mass is 16.5. The maximum atomic E-state index is 11.8. The lowest BCUT2D eigenvalue weighted by Crippen LogP contribution is -2.37. The number of nitrogens with one attached hydrogen (secondary N) is 1. The quantitative estimate of drug-likeness (QED) is 0.817. The van der Waals surface area contributed by atoms with E-state index in [2.05, 4.69) is 15.3 Å². The molecule has 1 amide bonds. The Labute approximate surface area is 113 Å². The van der Waals surface area contributed by atoms with Crippen molar-refractivity contribution in [3.05, 3.63) is 6.33 Å². The molecule has 0 spiro atoms. The van der Waals surface area contributed by atoms with E-state index in [9.17, 15) is 4.79 Å². The molecule has 0 bridgehead atoms. The van der Waals surface area contributed by atoms with Crippen molar-refractivity contribution in [1.29, 1.82) is 0 Å². The summed E-state index contributed by atoms with van der Waals surface area (Å²) in [5, 5.41) is 2.96. The van der Waals surface area contributed by atoms with Gasteiger partial charge in [0, 0.05) is 14.1 Å². The molecule has 0 saturated carbocycles. The molecular weight excluding hydrogens is 246 g/mol. The number of likely N-dealkylation sites (N-methyl/N-ethyl adjacent to an activating group) is 1. The highest BCUT2D eigenvalue weighted by Crippen LogP contribution is 2.25. The third-order valence-corrected chi connectivity index (χ3v) is 2.36. The number of rotatable bonds is 5. The summed E-state index contributed by atoms with van der Waals surface area (Å²) in [5.74, 6) is 0.648. The molecule has 1 unspecified atom stereocenters. The van der Waals surface area contributed by atoms with Gasteiger partial charge in [-0.1, -0.05) is 0 Å². The summed E-state index contributed by atoms with van der Waals surface area (Å²) in [7, 11) is 3.38. The lowest BCUT2D eigenvalue weighted by Gasteiger charge is -2.20. The second-order valence-corrected chi connectivity index (χ2v) is 4.71. The van der Waals surface area contributed by atoms with Crippen LogP contribution in [-0.4, -0.2) is 47.0 Å². The highest BCUT2D eigenvalue weighted by Gasteiger charge is 2.18. The minimum atomic E-state index is -0.431. The van der Waals surface area contributed by atoms with E-state index in [0.717, 1.165) is 0 Å². The Hall–Kier alpha value is -2.05. The Balaban J connectivity index is 2.87. The van der Waals surface area contributed by atoms with Crippen LogP contribution in [0.15, 0.2) is 6.33 Å². The van der Waals surface area contributed by atoms with Crippen molar-refractivity contribution < 1.29 is 9.53 Å². The molecule has 1 rings (SSSR count). The van der Waals surface area contributed by atoms with Crippen molar-refractivity contribution in [2.75, 3.05) is 25.1 Å². The summed E-state index contributed by atoms with van der Waals surface area (Å²) in [6.07, 6.45) is 1.31. The number of hydrogen-bond donors (Lipinski definition) is 2. The minimum absolute atomic E-state index is 0.0362. The first-order valence-electron chi connectivity index (χ1n) is 6.07. The smallest absolute Gasteiger partial charge is 0.244 e. The van der Waals surface area contributed by atoms with E-state index >= 15 is 0 Å². The van der Waals surface area contributed by atoms with Gasteiger partial charge in [-0.15, -0.1) is 0 Å². The molecule has 0 fully saturated rings. The van der Waals surface area contributed by atoms with Gasteiger partial charge in [0.05, 0.1) is 6.10 Å². The summed E-state index contributed by atoms with van der Waals surface area (Å²) in [5.41, 5.74) is 6.22. The predicted molar refractivity (Wildman–Crippen MR) is 74.0 cm³/mol. The zero-order chi connectivity index (χ0) is 14.6. The molecule has 1 atom stereocenters. The maximum Gasteiger partial charge on any atom is 0.244 e. The van der Waals surface area contributed by atoms with Crippen LogP contribution in [0.3, 0.4) is 0 Å². The van der Waals surface area contributed by atoms with E-state index in [1.54, 1.807) is 21.0 Å². The van der Waals surface area contributed by atoms with Crippen LogP contribution in [-0.2, 0) is 4.79 Å². The molecule has 19 heavy (non-hydrogen) atoms. The van der Waals surface area contributed by atoms with Gasteiger partial charge >= 0.3 is 0 Å². The van der Waals surface area contributed by atoms with Crippen molar-refractivity contribution >= 4 is 17.4 Å². The number of nitrogens with zero attached hydrogens (tertiary/aromatic N) is 3. The van der Waals surface area contributed by atoms with Gasteiger partial charge in [-0.2, -0.15) is 4.98 Å². The lowest BCUT2D eigenvalue weighted by molar-refractivity contribution is -0.129. The summed E-state index contributed by atoms with van der Waals surface area (Å²) in [4.78, 5) is 21.3. The number of nitrogens with two attached hydrogens (primary N) is 1. The number of anilines is 2. The Morgan fingerprint density at radius 2 is 2.00 bits per heavy atom. The SMILES string of the molecule is CC(C)Oc1ncnc(NC(C)C(=O)N(C)C)c1N. The minimum Gasteiger partial charge on any atom is -0.473 e. The van der Waals surface area contributed by atoms with Gasteiger partial charge in [0.15, 0.2) is 5.82 Å². The van der Waals surface area contributed by atoms with E-state index in [4.69, 9.17) is 10.5 Å². The standard InChI is InChI=1S/C12H21N5O2/c1-7(2)19-11-9(13)10(14-6-15-11)16-8(3)12(18)17(4)5/h6-8H,13H2,1-5H3,(H,14,15,16). The fourth-order valence-electron chi connectivity index (χ4n) is 1.47. The number of amides is 1. The molecular formula is C12H21N5O2. The zero-order valence-corrected chi connectivity index (χ0v) is 12.0. The van der Waals surface area contributed by atoms with Crippen LogP contribution in [0.2, 0.25) is 0 Å². The fourth-order valence-corrected chi connectivity index (χ4v) is 1.47. The Morgan fingerprint density at radius 1 is 1.37 bits per heavy atom. The van der Waals surface area contributed by atoms with Crippen molar-refractivity contribution in [1.82, 2.24) is 14.9 Å². The van der Waals surface area contributed by atoms with Crippen LogP contribution in [0, 0.1) is 0 Å². The topological polar surface area (TPSA) is 93.4 Å². The number of nitrogen functional groups attached to an aromatic ring is 1. The van der Waals surface area contributed by atoms with E-state index in [-0.39, 0.29) is 12.0 Å². The largest absolute Gasteiger partial charge is 0.473 e. The van der Waals surface area contributed by atoms with Gasteiger partial charge in [-0.3, -0.25) is 4.79 Å². The molecule has 106 valence electrons. The number of ether oxygens (including phenoxy) is 1. The van der Waals surface area contributed by atoms with Crippen LogP contribution in [0.1, 0.15) is 20.8 Å². The number of hydrogen-bond acceptors (Lipinski definition) is 6. The highest BCUT2D eigenvalue weighted by molar-refractivity contribution is 5.84. The molecule has 0 aromatic carbocycles. The molecule has 1 heterocycles. The van der Waals surface area contributed by atoms with Gasteiger partial charge in [0.1, 0.15) is 18.1 Å². The lowest BCUT2D eigenvalue weighted by atomic mass is 10.3. The first kappa shape index (κ1) is 15.0. The molecule has 1 aromatic rings. The van der Waals surface area contributed by atoms with E-state index < -0.39 is 6.04 Å². The zero-order valence-electron chi connectivity index (χ0n) is 12.0. The average Bonchev–Trinajstić information content (AvgIpc) is 2.32. The molecule has 0 aliphatic carbocycles. The molecule has 0 aliphatic rings. The Bertz CT molecular complexity index is 448. The third-order valence-electron chi connectivity index (χ3n) is 2.36. The molecule has 0 aliphatic heterocycles. The van der Waals surface area contributed by atoms with E-state index in [0.29, 0.717) is 17.4 Å². The van der Waals surface area contributed by atoms with Crippen molar-refractivity contribution in [2.24, 2.45) is 0 Å². The molecule has 7 heteroatoms. The van der Waals surface area contributed by atoms with Gasteiger partial charge < -0.3 is 20.7 Å². The monoisotopic (exact) mass is 267 g/mol. The van der Waals surface area contributed by atoms with Crippen LogP contribution < -0.4 is 15.8 Å². The average molecular weight is 267 g/mol. The van der Waals surface area contributed by atoms with Crippen LogP contribution >= 0.6 is 0 Å². The summed E-state index contributed by atoms with van der Waals surface area (Å²) in [6.45, 7) is 5.51. The molecule has 7 nitrogen and oxygen atoms in total. The Morgan fingerprint density at radius 3 is 2.53 bits per heavy atom. The van der Waals surface area contributed by atoms with E-state index in [1.807, 2.05) is 13.8 Å². The second-order valence-electron chi connectivity index (χ2n) is 4.71. The first-order chi connectivity index (χ1) is 8.82. The van der Waals surface area contributed by atoms with Gasteiger partial charge in [-0.05, 0) is 20.8 Å². The van der Waals surface area contributed by atoms with Gasteiger partial charge in [0.2, 0.25) is 11.8 Å². The third kappa shape index (κ3) is 3.97. The first-order valence-corrected chi connectivity index (χ1v) is 6.07. The fraction of sp³-hybridized carbons (Fsp3) is 0.583. The van der Waals surface area contributed by atoms with Crippen LogP contribution in [0.4, 0.5) is 11.5 Å².